The summed E-state index contributed by atoms with van der Waals surface area (Å²) in [6.45, 7) is 2.08. The molecule has 1 amide bonds. The number of nitrogens with zero attached hydrogens (tertiary/aromatic N) is 5. The van der Waals surface area contributed by atoms with Crippen molar-refractivity contribution in [2.75, 3.05) is 38.7 Å². The Balaban J connectivity index is 1.65. The van der Waals surface area contributed by atoms with Gasteiger partial charge >= 0.3 is 0 Å². The second kappa shape index (κ2) is 7.50. The number of hydrogen-bond acceptors (Lipinski definition) is 6. The highest BCUT2D eigenvalue weighted by atomic mass is 16.5. The predicted molar refractivity (Wildman–Crippen MR) is 103 cm³/mol. The van der Waals surface area contributed by atoms with Gasteiger partial charge in [-0.2, -0.15) is 0 Å². The minimum atomic E-state index is 0.168. The normalized spacial score (nSPS) is 15.7. The maximum atomic E-state index is 12.6. The minimum absolute atomic E-state index is 0.168. The maximum Gasteiger partial charge on any atom is 0.242 e. The summed E-state index contributed by atoms with van der Waals surface area (Å²) < 4.78 is 5.30. The molecular weight excluding hydrogens is 342 g/mol. The summed E-state index contributed by atoms with van der Waals surface area (Å²) in [4.78, 5) is 30.4. The van der Waals surface area contributed by atoms with E-state index in [9.17, 15) is 4.79 Å². The molecule has 0 N–H and O–H groups in total. The van der Waals surface area contributed by atoms with Gasteiger partial charge in [-0.3, -0.25) is 9.78 Å². The SMILES string of the molecule is COc1ccnc(-c2nc3c(c(N(C)CC(=O)N4CCCC4)n2)CCC3)c1. The molecule has 7 nitrogen and oxygen atoms in total. The Morgan fingerprint density at radius 1 is 1.22 bits per heavy atom. The smallest absolute Gasteiger partial charge is 0.242 e. The Hall–Kier alpha value is -2.70. The molecule has 0 bridgehead atoms. The number of fused-ring (bicyclic) bond motifs is 1. The van der Waals surface area contributed by atoms with Crippen LogP contribution < -0.4 is 9.64 Å². The molecule has 0 spiro atoms. The first-order chi connectivity index (χ1) is 13.2. The van der Waals surface area contributed by atoms with Crippen molar-refractivity contribution < 1.29 is 9.53 Å². The van der Waals surface area contributed by atoms with E-state index in [1.54, 1.807) is 19.4 Å². The maximum absolute atomic E-state index is 12.6. The van der Waals surface area contributed by atoms with Gasteiger partial charge in [-0.05, 0) is 38.2 Å². The van der Waals surface area contributed by atoms with Crippen LogP contribution in [0.3, 0.4) is 0 Å². The number of hydrogen-bond donors (Lipinski definition) is 0. The van der Waals surface area contributed by atoms with E-state index in [2.05, 4.69) is 4.98 Å². The van der Waals surface area contributed by atoms with E-state index in [1.807, 2.05) is 22.9 Å². The van der Waals surface area contributed by atoms with Gasteiger partial charge in [0.25, 0.3) is 0 Å². The number of methoxy groups -OCH3 is 1. The summed E-state index contributed by atoms with van der Waals surface area (Å²) in [7, 11) is 3.57. The lowest BCUT2D eigenvalue weighted by atomic mass is 10.2. The molecule has 3 heterocycles. The van der Waals surface area contributed by atoms with Crippen molar-refractivity contribution in [1.29, 1.82) is 0 Å². The van der Waals surface area contributed by atoms with E-state index in [-0.39, 0.29) is 5.91 Å². The highest BCUT2D eigenvalue weighted by Crippen LogP contribution is 2.31. The van der Waals surface area contributed by atoms with Gasteiger partial charge < -0.3 is 14.5 Å². The fourth-order valence-electron chi connectivity index (χ4n) is 3.85. The van der Waals surface area contributed by atoms with Gasteiger partial charge in [-0.1, -0.05) is 0 Å². The molecule has 2 aliphatic rings. The van der Waals surface area contributed by atoms with Crippen LogP contribution in [-0.2, 0) is 17.6 Å². The number of likely N-dealkylation sites (N-methyl/N-ethyl adjacent to an activating group) is 1. The molecule has 0 radical (unpaired) electrons. The Morgan fingerprint density at radius 2 is 2.04 bits per heavy atom. The van der Waals surface area contributed by atoms with Gasteiger partial charge in [-0.15, -0.1) is 0 Å². The van der Waals surface area contributed by atoms with Crippen LogP contribution in [0.1, 0.15) is 30.5 Å². The first kappa shape index (κ1) is 17.7. The first-order valence-electron chi connectivity index (χ1n) is 9.55. The summed E-state index contributed by atoms with van der Waals surface area (Å²) in [5.41, 5.74) is 2.92. The van der Waals surface area contributed by atoms with Crippen LogP contribution in [0.5, 0.6) is 5.75 Å². The molecule has 0 aromatic carbocycles. The fraction of sp³-hybridized carbons (Fsp3) is 0.500. The van der Waals surface area contributed by atoms with E-state index in [1.165, 1.54) is 5.56 Å². The molecule has 2 aromatic rings. The number of ether oxygens (including phenoxy) is 1. The Kier molecular flexibility index (Phi) is 4.92. The van der Waals surface area contributed by atoms with Gasteiger partial charge in [0.2, 0.25) is 5.91 Å². The molecule has 27 heavy (non-hydrogen) atoms. The lowest BCUT2D eigenvalue weighted by Gasteiger charge is -2.24. The third-order valence-electron chi connectivity index (χ3n) is 5.30. The van der Waals surface area contributed by atoms with Gasteiger partial charge in [0, 0.05) is 43.7 Å². The van der Waals surface area contributed by atoms with Crippen molar-refractivity contribution in [3.05, 3.63) is 29.6 Å². The molecule has 1 fully saturated rings. The van der Waals surface area contributed by atoms with Crippen molar-refractivity contribution >= 4 is 11.7 Å². The van der Waals surface area contributed by atoms with Gasteiger partial charge in [-0.25, -0.2) is 9.97 Å². The van der Waals surface area contributed by atoms with Crippen molar-refractivity contribution in [3.8, 4) is 17.3 Å². The van der Waals surface area contributed by atoms with E-state index in [0.29, 0.717) is 18.1 Å². The van der Waals surface area contributed by atoms with E-state index in [4.69, 9.17) is 14.7 Å². The van der Waals surface area contributed by atoms with Crippen LogP contribution in [-0.4, -0.2) is 59.6 Å². The van der Waals surface area contributed by atoms with Crippen molar-refractivity contribution in [2.45, 2.75) is 32.1 Å². The molecule has 1 aliphatic heterocycles. The number of amides is 1. The lowest BCUT2D eigenvalue weighted by molar-refractivity contribution is -0.128. The van der Waals surface area contributed by atoms with Crippen LogP contribution in [0.4, 0.5) is 5.82 Å². The molecular formula is C20H25N5O2. The number of pyridine rings is 1. The molecule has 142 valence electrons. The topological polar surface area (TPSA) is 71.5 Å². The van der Waals surface area contributed by atoms with E-state index < -0.39 is 0 Å². The number of aryl methyl sites for hydroxylation is 1. The summed E-state index contributed by atoms with van der Waals surface area (Å²) in [5.74, 6) is 2.33. The number of aromatic nitrogens is 3. The molecule has 7 heteroatoms. The van der Waals surface area contributed by atoms with Crippen LogP contribution >= 0.6 is 0 Å². The van der Waals surface area contributed by atoms with E-state index >= 15 is 0 Å². The van der Waals surface area contributed by atoms with Crippen LogP contribution in [0.2, 0.25) is 0 Å². The molecule has 1 saturated heterocycles. The average Bonchev–Trinajstić information content (AvgIpc) is 3.38. The average molecular weight is 367 g/mol. The summed E-state index contributed by atoms with van der Waals surface area (Å²) >= 11 is 0. The van der Waals surface area contributed by atoms with Crippen molar-refractivity contribution in [3.63, 3.8) is 0 Å². The molecule has 0 saturated carbocycles. The lowest BCUT2D eigenvalue weighted by Crippen LogP contribution is -2.38. The largest absolute Gasteiger partial charge is 0.497 e. The van der Waals surface area contributed by atoms with Gasteiger partial charge in [0.05, 0.1) is 13.7 Å². The highest BCUT2D eigenvalue weighted by molar-refractivity contribution is 5.81. The number of likely N-dealkylation sites (tertiary alicyclic amines) is 1. The quantitative estimate of drug-likeness (QED) is 0.806. The Bertz CT molecular complexity index is 848. The van der Waals surface area contributed by atoms with Crippen LogP contribution in [0.25, 0.3) is 11.5 Å². The molecule has 0 unspecified atom stereocenters. The number of rotatable bonds is 5. The fourth-order valence-corrected chi connectivity index (χ4v) is 3.85. The number of anilines is 1. The minimum Gasteiger partial charge on any atom is -0.497 e. The van der Waals surface area contributed by atoms with Gasteiger partial charge in [0.15, 0.2) is 5.82 Å². The molecule has 4 rings (SSSR count). The number of carbonyl (C=O) groups is 1. The summed E-state index contributed by atoms with van der Waals surface area (Å²) in [6.07, 6.45) is 6.87. The zero-order valence-electron chi connectivity index (χ0n) is 15.9. The first-order valence-corrected chi connectivity index (χ1v) is 9.55. The third kappa shape index (κ3) is 3.59. The molecule has 2 aromatic heterocycles. The Labute approximate surface area is 159 Å². The summed E-state index contributed by atoms with van der Waals surface area (Å²) in [6, 6.07) is 3.65. The highest BCUT2D eigenvalue weighted by Gasteiger charge is 2.25. The monoisotopic (exact) mass is 367 g/mol. The second-order valence-electron chi connectivity index (χ2n) is 7.17. The van der Waals surface area contributed by atoms with Crippen LogP contribution in [0, 0.1) is 0 Å². The van der Waals surface area contributed by atoms with Crippen LogP contribution in [0.15, 0.2) is 18.3 Å². The predicted octanol–water partition coefficient (Wildman–Crippen LogP) is 2.09. The van der Waals surface area contributed by atoms with Crippen molar-refractivity contribution in [1.82, 2.24) is 19.9 Å². The standard InChI is InChI=1S/C20H25N5O2/c1-24(13-18(26)25-10-3-4-11-25)20-15-6-5-7-16(15)22-19(23-20)17-12-14(27-2)8-9-21-17/h8-9,12H,3-7,10-11,13H2,1-2H3. The second-order valence-corrected chi connectivity index (χ2v) is 7.17. The zero-order chi connectivity index (χ0) is 18.8. The molecule has 0 atom stereocenters. The molecule has 1 aliphatic carbocycles. The van der Waals surface area contributed by atoms with Crippen molar-refractivity contribution in [2.24, 2.45) is 0 Å². The number of carbonyl (C=O) groups excluding carboxylic acids is 1. The third-order valence-corrected chi connectivity index (χ3v) is 5.30. The van der Waals surface area contributed by atoms with E-state index in [0.717, 1.165) is 62.5 Å². The van der Waals surface area contributed by atoms with Gasteiger partial charge in [0.1, 0.15) is 17.3 Å². The summed E-state index contributed by atoms with van der Waals surface area (Å²) in [5, 5.41) is 0. The Morgan fingerprint density at radius 3 is 2.81 bits per heavy atom. The zero-order valence-corrected chi connectivity index (χ0v) is 15.9.